The molecule has 1 aliphatic carbocycles. The summed E-state index contributed by atoms with van der Waals surface area (Å²) in [6.45, 7) is 0. The summed E-state index contributed by atoms with van der Waals surface area (Å²) < 4.78 is 30.1. The monoisotopic (exact) mass is 445 g/mol. The number of aromatic nitrogens is 3. The molecule has 0 radical (unpaired) electrons. The molecule has 148 valence electrons. The number of carbonyl (C=O) groups is 1. The van der Waals surface area contributed by atoms with E-state index in [0.29, 0.717) is 39.0 Å². The van der Waals surface area contributed by atoms with Crippen LogP contribution in [0.2, 0.25) is 9.36 Å². The Kier molecular flexibility index (Phi) is 5.03. The van der Waals surface area contributed by atoms with Crippen molar-refractivity contribution in [3.8, 4) is 11.1 Å². The van der Waals surface area contributed by atoms with Crippen LogP contribution in [0, 0.1) is 0 Å². The van der Waals surface area contributed by atoms with E-state index in [1.54, 1.807) is 18.5 Å². The second kappa shape index (κ2) is 7.22. The highest BCUT2D eigenvalue weighted by atomic mass is 35.5. The Labute approximate surface area is 172 Å². The van der Waals surface area contributed by atoms with Gasteiger partial charge in [0.05, 0.1) is 22.3 Å². The number of thiophene rings is 1. The first-order valence-corrected chi connectivity index (χ1v) is 10.1. The summed E-state index contributed by atoms with van der Waals surface area (Å²) in [5.41, 5.74) is 7.48. The van der Waals surface area contributed by atoms with Crippen molar-refractivity contribution in [3.05, 3.63) is 38.9 Å². The zero-order valence-electron chi connectivity index (χ0n) is 14.3. The van der Waals surface area contributed by atoms with Gasteiger partial charge in [0.1, 0.15) is 10.4 Å². The summed E-state index contributed by atoms with van der Waals surface area (Å²) >= 11 is 13.2. The maximum atomic E-state index is 14.2. The third kappa shape index (κ3) is 3.47. The number of nitrogens with zero attached hydrogens (tertiary/aromatic N) is 3. The van der Waals surface area contributed by atoms with Crippen LogP contribution in [0.15, 0.2) is 24.7 Å². The van der Waals surface area contributed by atoms with E-state index in [1.807, 2.05) is 0 Å². The molecule has 28 heavy (non-hydrogen) atoms. The number of rotatable bonds is 3. The smallest absolute Gasteiger partial charge is 0.269 e. The van der Waals surface area contributed by atoms with Gasteiger partial charge in [0.25, 0.3) is 11.8 Å². The fourth-order valence-electron chi connectivity index (χ4n) is 3.34. The van der Waals surface area contributed by atoms with Crippen LogP contribution in [0.1, 0.15) is 28.9 Å². The van der Waals surface area contributed by atoms with Crippen LogP contribution < -0.4 is 11.1 Å². The summed E-state index contributed by atoms with van der Waals surface area (Å²) in [5, 5.41) is 6.98. The van der Waals surface area contributed by atoms with Gasteiger partial charge in [-0.3, -0.25) is 4.79 Å². The van der Waals surface area contributed by atoms with Crippen LogP contribution in [0.3, 0.4) is 0 Å². The van der Waals surface area contributed by atoms with E-state index < -0.39 is 23.9 Å². The van der Waals surface area contributed by atoms with E-state index in [2.05, 4.69) is 15.4 Å². The van der Waals surface area contributed by atoms with Crippen LogP contribution in [-0.2, 0) is 0 Å². The molecule has 3 N–H and O–H groups in total. The zero-order chi connectivity index (χ0) is 20.1. The first-order valence-electron chi connectivity index (χ1n) is 8.49. The topological polar surface area (TPSA) is 85.3 Å². The largest absolute Gasteiger partial charge is 0.341 e. The number of carbonyl (C=O) groups excluding carboxylic acids is 1. The van der Waals surface area contributed by atoms with E-state index in [0.717, 1.165) is 11.3 Å². The maximum absolute atomic E-state index is 14.2. The molecule has 1 saturated carbocycles. The highest BCUT2D eigenvalue weighted by Crippen LogP contribution is 2.38. The first-order chi connectivity index (χ1) is 13.3. The molecule has 6 nitrogen and oxygen atoms in total. The predicted molar refractivity (Wildman–Crippen MR) is 104 cm³/mol. The van der Waals surface area contributed by atoms with Crippen molar-refractivity contribution in [2.75, 3.05) is 0 Å². The Morgan fingerprint density at radius 2 is 2.14 bits per heavy atom. The normalized spacial score (nSPS) is 21.8. The number of halogens is 4. The molecular weight excluding hydrogens is 431 g/mol. The zero-order valence-corrected chi connectivity index (χ0v) is 16.7. The van der Waals surface area contributed by atoms with Crippen molar-refractivity contribution in [2.45, 2.75) is 37.3 Å². The summed E-state index contributed by atoms with van der Waals surface area (Å²) in [6, 6.07) is -0.655. The highest BCUT2D eigenvalue weighted by molar-refractivity contribution is 7.18. The molecule has 4 rings (SSSR count). The van der Waals surface area contributed by atoms with Gasteiger partial charge in [-0.2, -0.15) is 5.10 Å². The molecule has 0 aliphatic heterocycles. The fraction of sp³-hybridized carbons (Fsp3) is 0.353. The number of fused-ring (bicyclic) bond motifs is 1. The summed E-state index contributed by atoms with van der Waals surface area (Å²) in [6.07, 6.45) is 5.10. The number of amides is 1. The molecule has 0 bridgehead atoms. The number of hydrogen-bond donors (Lipinski definition) is 2. The Bertz CT molecular complexity index is 1050. The lowest BCUT2D eigenvalue weighted by molar-refractivity contribution is -0.0674. The standard InChI is InChI=1S/C17H15Cl2F2N5OS/c18-8-5-23-15-10(6-24-26(15)7-8)9-4-12(28-14(9)19)16(27)25-13-11(22)2-1-3-17(13,20)21/h4-7,11,13H,1-3,22H2,(H,25,27)/t11-,13-/m1/s1. The molecule has 0 spiro atoms. The van der Waals surface area contributed by atoms with Crippen LogP contribution in [0.5, 0.6) is 0 Å². The third-order valence-corrected chi connectivity index (χ3v) is 6.30. The van der Waals surface area contributed by atoms with Crippen LogP contribution in [0.25, 0.3) is 16.8 Å². The summed E-state index contributed by atoms with van der Waals surface area (Å²) in [4.78, 5) is 17.0. The minimum Gasteiger partial charge on any atom is -0.341 e. The van der Waals surface area contributed by atoms with E-state index >= 15 is 0 Å². The van der Waals surface area contributed by atoms with Crippen molar-refractivity contribution < 1.29 is 13.6 Å². The van der Waals surface area contributed by atoms with Crippen LogP contribution in [0.4, 0.5) is 8.78 Å². The number of nitrogens with two attached hydrogens (primary N) is 1. The maximum Gasteiger partial charge on any atom is 0.269 e. The third-order valence-electron chi connectivity index (χ3n) is 4.74. The average Bonchev–Trinajstić information content (AvgIpc) is 3.20. The van der Waals surface area contributed by atoms with Crippen LogP contribution >= 0.6 is 34.5 Å². The molecule has 1 fully saturated rings. The number of nitrogens with one attached hydrogen (secondary N) is 1. The second-order valence-electron chi connectivity index (χ2n) is 6.66. The molecule has 1 aliphatic rings. The van der Waals surface area contributed by atoms with Gasteiger partial charge in [-0.05, 0) is 18.9 Å². The van der Waals surface area contributed by atoms with Gasteiger partial charge < -0.3 is 11.1 Å². The van der Waals surface area contributed by atoms with Crippen molar-refractivity contribution in [2.24, 2.45) is 5.73 Å². The minimum atomic E-state index is -3.04. The van der Waals surface area contributed by atoms with Gasteiger partial charge in [0.2, 0.25) is 0 Å². The predicted octanol–water partition coefficient (Wildman–Crippen LogP) is 4.01. The number of alkyl halides is 2. The van der Waals surface area contributed by atoms with Gasteiger partial charge in [-0.25, -0.2) is 18.3 Å². The molecule has 3 aromatic rings. The molecule has 1 amide bonds. The minimum absolute atomic E-state index is 0.210. The Morgan fingerprint density at radius 1 is 1.36 bits per heavy atom. The molecule has 0 saturated heterocycles. The molecule has 2 atom stereocenters. The van der Waals surface area contributed by atoms with Gasteiger partial charge in [0, 0.05) is 29.8 Å². The number of hydrogen-bond acceptors (Lipinski definition) is 5. The van der Waals surface area contributed by atoms with Crippen molar-refractivity contribution in [1.29, 1.82) is 0 Å². The van der Waals surface area contributed by atoms with Crippen molar-refractivity contribution >= 4 is 46.1 Å². The van der Waals surface area contributed by atoms with Gasteiger partial charge in [-0.1, -0.05) is 23.2 Å². The van der Waals surface area contributed by atoms with Crippen molar-refractivity contribution in [3.63, 3.8) is 0 Å². The lowest BCUT2D eigenvalue weighted by Crippen LogP contribution is -2.59. The van der Waals surface area contributed by atoms with E-state index in [4.69, 9.17) is 28.9 Å². The SMILES string of the molecule is N[C@@H]1CCCC(F)(F)[C@@H]1NC(=O)c1cc(-c2cnn3cc(Cl)cnc23)c(Cl)s1. The summed E-state index contributed by atoms with van der Waals surface area (Å²) in [7, 11) is 0. The lowest BCUT2D eigenvalue weighted by Gasteiger charge is -2.36. The molecule has 0 aromatic carbocycles. The van der Waals surface area contributed by atoms with Crippen molar-refractivity contribution in [1.82, 2.24) is 19.9 Å². The fourth-order valence-corrected chi connectivity index (χ4v) is 4.69. The quantitative estimate of drug-likeness (QED) is 0.637. The molecule has 11 heteroatoms. The van der Waals surface area contributed by atoms with E-state index in [-0.39, 0.29) is 11.3 Å². The van der Waals surface area contributed by atoms with Crippen LogP contribution in [-0.4, -0.2) is 38.5 Å². The van der Waals surface area contributed by atoms with Gasteiger partial charge in [-0.15, -0.1) is 11.3 Å². The van der Waals surface area contributed by atoms with Gasteiger partial charge >= 0.3 is 0 Å². The average molecular weight is 446 g/mol. The highest BCUT2D eigenvalue weighted by Gasteiger charge is 2.46. The molecule has 3 heterocycles. The van der Waals surface area contributed by atoms with E-state index in [1.165, 1.54) is 10.7 Å². The first kappa shape index (κ1) is 19.5. The Balaban J connectivity index is 1.63. The Hall–Kier alpha value is -1.81. The lowest BCUT2D eigenvalue weighted by atomic mass is 9.87. The second-order valence-corrected chi connectivity index (χ2v) is 8.76. The molecular formula is C17H15Cl2F2N5OS. The Morgan fingerprint density at radius 3 is 2.89 bits per heavy atom. The molecule has 3 aromatic heterocycles. The van der Waals surface area contributed by atoms with E-state index in [9.17, 15) is 13.6 Å². The molecule has 0 unspecified atom stereocenters. The van der Waals surface area contributed by atoms with Gasteiger partial charge in [0.15, 0.2) is 5.65 Å². The summed E-state index contributed by atoms with van der Waals surface area (Å²) in [5.74, 6) is -3.67.